The molecule has 0 radical (unpaired) electrons. The van der Waals surface area contributed by atoms with Crippen molar-refractivity contribution in [2.45, 2.75) is 12.6 Å². The van der Waals surface area contributed by atoms with Crippen molar-refractivity contribution in [1.29, 1.82) is 0 Å². The fourth-order valence-corrected chi connectivity index (χ4v) is 0.890. The van der Waals surface area contributed by atoms with Crippen LogP contribution < -0.4 is 0 Å². The van der Waals surface area contributed by atoms with E-state index >= 15 is 0 Å². The topological polar surface area (TPSA) is 88.5 Å². The highest BCUT2D eigenvalue weighted by molar-refractivity contribution is 7.34. The van der Waals surface area contributed by atoms with Crippen LogP contribution >= 0.6 is 7.68 Å². The Balaban J connectivity index is 4.59. The number of carboxylic acid groups (broad SMARTS) is 1. The quantitative estimate of drug-likeness (QED) is 0.475. The van der Waals surface area contributed by atoms with Crippen LogP contribution in [0, 0.1) is 0 Å². The van der Waals surface area contributed by atoms with Gasteiger partial charge in [0.2, 0.25) is 5.66 Å². The molecule has 5 nitrogen and oxygen atoms in total. The van der Waals surface area contributed by atoms with Gasteiger partial charge < -0.3 is 5.11 Å². The zero-order chi connectivity index (χ0) is 8.31. The molecule has 0 aliphatic heterocycles. The van der Waals surface area contributed by atoms with Gasteiger partial charge in [-0.25, -0.2) is 9.13 Å². The van der Waals surface area contributed by atoms with Gasteiger partial charge in [0.15, 0.2) is 5.78 Å². The molecule has 0 aromatic rings. The first kappa shape index (κ1) is 9.04. The number of carbonyl (C=O) groups excluding carboxylic acids is 1. The van der Waals surface area contributed by atoms with E-state index in [-0.39, 0.29) is 0 Å². The minimum Gasteiger partial charge on any atom is -0.480 e. The molecule has 1 N–H and O–H groups in total. The molecule has 0 aliphatic rings. The summed E-state index contributed by atoms with van der Waals surface area (Å²) >= 11 is 0. The largest absolute Gasteiger partial charge is 0.480 e. The standard InChI is InChI=1S/C4H5O5P/c1-2(5)3(4(6)7)10(8)9/h3H,1H3,(H,6,7). The lowest BCUT2D eigenvalue weighted by Crippen LogP contribution is -2.22. The molecule has 0 saturated carbocycles. The molecule has 0 rings (SSSR count). The number of hydrogen-bond acceptors (Lipinski definition) is 4. The van der Waals surface area contributed by atoms with E-state index in [1.807, 2.05) is 0 Å². The van der Waals surface area contributed by atoms with Gasteiger partial charge in [-0.15, -0.1) is 0 Å². The van der Waals surface area contributed by atoms with Gasteiger partial charge in [0.25, 0.3) is 0 Å². The van der Waals surface area contributed by atoms with Gasteiger partial charge in [-0.2, -0.15) is 0 Å². The maximum atomic E-state index is 10.3. The van der Waals surface area contributed by atoms with Gasteiger partial charge in [-0.05, 0) is 6.92 Å². The summed E-state index contributed by atoms with van der Waals surface area (Å²) in [6.45, 7) is 0.921. The zero-order valence-corrected chi connectivity index (χ0v) is 6.00. The summed E-state index contributed by atoms with van der Waals surface area (Å²) < 4.78 is 20.0. The maximum absolute atomic E-state index is 10.3. The van der Waals surface area contributed by atoms with Crippen molar-refractivity contribution in [3.63, 3.8) is 0 Å². The third-order valence-corrected chi connectivity index (χ3v) is 1.84. The molecule has 6 heteroatoms. The second kappa shape index (κ2) is 3.27. The average molecular weight is 164 g/mol. The molecule has 0 aromatic carbocycles. The molecule has 0 heterocycles. The van der Waals surface area contributed by atoms with E-state index < -0.39 is 25.1 Å². The highest BCUT2D eigenvalue weighted by atomic mass is 31.1. The number of carbonyl (C=O) groups is 2. The Hall–Kier alpha value is -0.960. The second-order valence-electron chi connectivity index (χ2n) is 1.64. The van der Waals surface area contributed by atoms with Gasteiger partial charge in [0.1, 0.15) is 0 Å². The number of aliphatic carboxylic acids is 1. The van der Waals surface area contributed by atoms with E-state index in [9.17, 15) is 18.7 Å². The van der Waals surface area contributed by atoms with Crippen molar-refractivity contribution in [1.82, 2.24) is 0 Å². The van der Waals surface area contributed by atoms with Crippen LogP contribution in [0.25, 0.3) is 0 Å². The van der Waals surface area contributed by atoms with Crippen LogP contribution in [-0.2, 0) is 18.7 Å². The molecule has 0 amide bonds. The molecule has 56 valence electrons. The van der Waals surface area contributed by atoms with Gasteiger partial charge in [-0.3, -0.25) is 9.59 Å². The summed E-state index contributed by atoms with van der Waals surface area (Å²) in [7, 11) is -3.19. The summed E-state index contributed by atoms with van der Waals surface area (Å²) in [5, 5.41) is 8.11. The molecule has 1 atom stereocenters. The Kier molecular flexibility index (Phi) is 2.96. The van der Waals surface area contributed by atoms with Gasteiger partial charge >= 0.3 is 13.6 Å². The minimum atomic E-state index is -3.19. The van der Waals surface area contributed by atoms with Crippen molar-refractivity contribution in [3.05, 3.63) is 0 Å². The van der Waals surface area contributed by atoms with Crippen LogP contribution in [0.15, 0.2) is 0 Å². The first-order valence-corrected chi connectivity index (χ1v) is 3.58. The number of ketones is 1. The van der Waals surface area contributed by atoms with Crippen LogP contribution in [0.1, 0.15) is 6.92 Å². The maximum Gasteiger partial charge on any atom is 0.337 e. The van der Waals surface area contributed by atoms with Crippen molar-refractivity contribution >= 4 is 19.4 Å². The molecule has 0 saturated heterocycles. The van der Waals surface area contributed by atoms with Crippen molar-refractivity contribution in [2.75, 3.05) is 0 Å². The highest BCUT2D eigenvalue weighted by Crippen LogP contribution is 2.14. The Bertz CT molecular complexity index is 206. The van der Waals surface area contributed by atoms with Crippen molar-refractivity contribution in [2.24, 2.45) is 0 Å². The monoisotopic (exact) mass is 164 g/mol. The summed E-state index contributed by atoms with van der Waals surface area (Å²) in [6.07, 6.45) is 0. The molecule has 1 unspecified atom stereocenters. The summed E-state index contributed by atoms with van der Waals surface area (Å²) in [5.41, 5.74) is -1.88. The van der Waals surface area contributed by atoms with Crippen LogP contribution in [-0.4, -0.2) is 22.5 Å². The molecule has 0 fully saturated rings. The number of Topliss-reactive ketones (excluding diaryl/α,β-unsaturated/α-hetero) is 1. The Morgan fingerprint density at radius 3 is 1.80 bits per heavy atom. The molecule has 0 spiro atoms. The fraction of sp³-hybridized carbons (Fsp3) is 0.500. The molecule has 0 aromatic heterocycles. The average Bonchev–Trinajstić information content (AvgIpc) is 1.59. The molecular formula is C4H5O5P. The normalized spacial score (nSPS) is 12.1. The predicted octanol–water partition coefficient (Wildman–Crippen LogP) is 0.201. The summed E-state index contributed by atoms with van der Waals surface area (Å²) in [4.78, 5) is 20.2. The van der Waals surface area contributed by atoms with Crippen LogP contribution in [0.4, 0.5) is 0 Å². The lowest BCUT2D eigenvalue weighted by Gasteiger charge is -1.93. The predicted molar refractivity (Wildman–Crippen MR) is 30.4 cm³/mol. The lowest BCUT2D eigenvalue weighted by molar-refractivity contribution is -0.139. The van der Waals surface area contributed by atoms with Crippen molar-refractivity contribution in [3.8, 4) is 0 Å². The lowest BCUT2D eigenvalue weighted by atomic mass is 10.3. The smallest absolute Gasteiger partial charge is 0.337 e. The molecule has 0 bridgehead atoms. The second-order valence-corrected chi connectivity index (χ2v) is 2.72. The van der Waals surface area contributed by atoms with Crippen molar-refractivity contribution < 1.29 is 23.8 Å². The Labute approximate surface area is 56.9 Å². The number of carboxylic acids is 1. The number of hydrogen-bond donors (Lipinski definition) is 1. The first-order chi connectivity index (χ1) is 4.46. The third-order valence-electron chi connectivity index (χ3n) is 0.830. The number of rotatable bonds is 3. The third kappa shape index (κ3) is 2.11. The minimum absolute atomic E-state index is 0.872. The van der Waals surface area contributed by atoms with E-state index in [0.717, 1.165) is 6.92 Å². The Morgan fingerprint density at radius 2 is 1.80 bits per heavy atom. The summed E-state index contributed by atoms with van der Waals surface area (Å²) in [6, 6.07) is 0. The van der Waals surface area contributed by atoms with E-state index in [4.69, 9.17) is 5.11 Å². The van der Waals surface area contributed by atoms with E-state index in [1.54, 1.807) is 0 Å². The van der Waals surface area contributed by atoms with Gasteiger partial charge in [0.05, 0.1) is 0 Å². The van der Waals surface area contributed by atoms with Gasteiger partial charge in [-0.1, -0.05) is 0 Å². The van der Waals surface area contributed by atoms with Crippen LogP contribution in [0.3, 0.4) is 0 Å². The highest BCUT2D eigenvalue weighted by Gasteiger charge is 2.28. The van der Waals surface area contributed by atoms with E-state index in [0.29, 0.717) is 0 Å². The molecule has 0 aliphatic carbocycles. The SMILES string of the molecule is CC(=O)C(C(=O)O)P(=O)=O. The molecular weight excluding hydrogens is 159 g/mol. The van der Waals surface area contributed by atoms with Gasteiger partial charge in [0, 0.05) is 0 Å². The van der Waals surface area contributed by atoms with E-state index in [2.05, 4.69) is 0 Å². The van der Waals surface area contributed by atoms with Crippen LogP contribution in [0.2, 0.25) is 0 Å². The summed E-state index contributed by atoms with van der Waals surface area (Å²) in [5.74, 6) is -2.49. The van der Waals surface area contributed by atoms with Crippen LogP contribution in [0.5, 0.6) is 0 Å². The first-order valence-electron chi connectivity index (χ1n) is 2.33. The fourth-order valence-electron chi connectivity index (χ4n) is 0.412. The van der Waals surface area contributed by atoms with E-state index in [1.165, 1.54) is 0 Å². The molecule has 10 heavy (non-hydrogen) atoms. The Morgan fingerprint density at radius 1 is 1.40 bits per heavy atom. The zero-order valence-electron chi connectivity index (χ0n) is 5.10.